The topological polar surface area (TPSA) is 57.5 Å². The van der Waals surface area contributed by atoms with E-state index >= 15 is 0 Å². The van der Waals surface area contributed by atoms with E-state index in [-0.39, 0.29) is 30.1 Å². The summed E-state index contributed by atoms with van der Waals surface area (Å²) in [5.74, 6) is -0.0896. The van der Waals surface area contributed by atoms with Gasteiger partial charge in [-0.3, -0.25) is 0 Å². The molecule has 0 aliphatic carbocycles. The molecule has 0 amide bonds. The molecule has 1 atom stereocenters. The first-order valence-corrected chi connectivity index (χ1v) is 4.29. The molecule has 3 nitrogen and oxygen atoms in total. The second kappa shape index (κ2) is 4.97. The predicted octanol–water partition coefficient (Wildman–Crippen LogP) is 1.26. The summed E-state index contributed by atoms with van der Waals surface area (Å²) < 4.78 is 19.0. The average Bonchev–Trinajstić information content (AvgIpc) is 1.94. The van der Waals surface area contributed by atoms with Gasteiger partial charge in [0.25, 0.3) is 0 Å². The first-order valence-electron chi connectivity index (χ1n) is 2.74. The van der Waals surface area contributed by atoms with Crippen LogP contribution in [-0.2, 0) is 30.6 Å². The minimum atomic E-state index is -2.04. The van der Waals surface area contributed by atoms with Crippen LogP contribution in [0.4, 0.5) is 0 Å². The quantitative estimate of drug-likeness (QED) is 0.402. The largest absolute Gasteiger partial charge is 0.507 e. The molecule has 1 rings (SSSR count). The third-order valence-electron chi connectivity index (χ3n) is 1.15. The fourth-order valence-corrected chi connectivity index (χ4v) is 1.15. The summed E-state index contributed by atoms with van der Waals surface area (Å²) in [6, 6.07) is 4.10. The molecule has 1 unspecified atom stereocenters. The molecule has 0 aliphatic rings. The molecule has 0 spiro atoms. The Morgan fingerprint density at radius 1 is 1.42 bits per heavy atom. The van der Waals surface area contributed by atoms with Gasteiger partial charge in [-0.15, -0.1) is 12.6 Å². The normalized spacial score (nSPS) is 11.8. The fourth-order valence-electron chi connectivity index (χ4n) is 0.612. The molecule has 6 heteroatoms. The molecule has 0 aliphatic heterocycles. The smallest absolute Gasteiger partial charge is 0.186 e. The monoisotopic (exact) mass is 254 g/mol. The van der Waals surface area contributed by atoms with Crippen LogP contribution in [0.15, 0.2) is 28.0 Å². The number of thiol groups is 1. The predicted molar refractivity (Wildman–Crippen MR) is 44.4 cm³/mol. The minimum absolute atomic E-state index is 0. The molecule has 0 aromatic heterocycles. The van der Waals surface area contributed by atoms with Gasteiger partial charge in [0.15, 0.2) is 11.1 Å². The van der Waals surface area contributed by atoms with Crippen LogP contribution in [0.1, 0.15) is 0 Å². The summed E-state index contributed by atoms with van der Waals surface area (Å²) >= 11 is 1.84. The van der Waals surface area contributed by atoms with Crippen molar-refractivity contribution in [2.24, 2.45) is 0 Å². The van der Waals surface area contributed by atoms with Crippen LogP contribution in [0, 0.1) is 0 Å². The van der Waals surface area contributed by atoms with Crippen LogP contribution in [-0.4, -0.2) is 13.9 Å². The maximum atomic E-state index is 10.4. The van der Waals surface area contributed by atoms with E-state index in [4.69, 9.17) is 9.66 Å². The molecular weight excluding hydrogens is 250 g/mol. The van der Waals surface area contributed by atoms with Gasteiger partial charge in [-0.25, -0.2) is 4.21 Å². The number of phenols is 1. The van der Waals surface area contributed by atoms with Gasteiger partial charge < -0.3 is 9.66 Å². The van der Waals surface area contributed by atoms with Crippen molar-refractivity contribution in [3.05, 3.63) is 18.2 Å². The van der Waals surface area contributed by atoms with Crippen molar-refractivity contribution in [2.45, 2.75) is 9.79 Å². The Labute approximate surface area is 90.6 Å². The Balaban J connectivity index is 0.00000121. The van der Waals surface area contributed by atoms with Gasteiger partial charge in [0.1, 0.15) is 5.75 Å². The standard InChI is InChI=1S/C6H6O3S2.Zn/c7-5-3-4(11(8)9)1-2-6(5)10;/h1-3,7,10H,(H,8,9);. The van der Waals surface area contributed by atoms with E-state index in [9.17, 15) is 4.21 Å². The number of aromatic hydroxyl groups is 1. The summed E-state index contributed by atoms with van der Waals surface area (Å²) in [4.78, 5) is 0.555. The first-order chi connectivity index (χ1) is 5.11. The molecule has 0 bridgehead atoms. The zero-order chi connectivity index (χ0) is 8.43. The van der Waals surface area contributed by atoms with Crippen LogP contribution in [0.25, 0.3) is 0 Å². The van der Waals surface area contributed by atoms with Crippen molar-refractivity contribution in [1.82, 2.24) is 0 Å². The van der Waals surface area contributed by atoms with Crippen molar-refractivity contribution in [3.8, 4) is 5.75 Å². The molecule has 0 fully saturated rings. The van der Waals surface area contributed by atoms with E-state index in [0.717, 1.165) is 0 Å². The Morgan fingerprint density at radius 3 is 2.42 bits per heavy atom. The van der Waals surface area contributed by atoms with Crippen molar-refractivity contribution in [2.75, 3.05) is 0 Å². The molecule has 1 aromatic rings. The van der Waals surface area contributed by atoms with Gasteiger partial charge in [-0.2, -0.15) is 0 Å². The van der Waals surface area contributed by atoms with Crippen LogP contribution in [0.3, 0.4) is 0 Å². The Kier molecular flexibility index (Phi) is 5.01. The number of hydrogen-bond acceptors (Lipinski definition) is 3. The maximum Gasteiger partial charge on any atom is 0.186 e. The minimum Gasteiger partial charge on any atom is -0.507 e. The number of phenolic OH excluding ortho intramolecular Hbond substituents is 1. The molecule has 0 heterocycles. The van der Waals surface area contributed by atoms with Gasteiger partial charge >= 0.3 is 0 Å². The van der Waals surface area contributed by atoms with Gasteiger partial charge in [0, 0.05) is 24.4 Å². The second-order valence-electron chi connectivity index (χ2n) is 1.90. The molecule has 12 heavy (non-hydrogen) atoms. The zero-order valence-corrected chi connectivity index (χ0v) is 10.8. The molecular formula is C6H6O3S2Zn. The first kappa shape index (κ1) is 12.1. The van der Waals surface area contributed by atoms with Crippen LogP contribution in [0.5, 0.6) is 5.75 Å². The van der Waals surface area contributed by atoms with E-state index in [1.807, 2.05) is 0 Å². The number of benzene rings is 1. The van der Waals surface area contributed by atoms with E-state index in [1.54, 1.807) is 0 Å². The molecule has 0 radical (unpaired) electrons. The molecule has 1 aromatic carbocycles. The third kappa shape index (κ3) is 2.86. The van der Waals surface area contributed by atoms with Gasteiger partial charge in [-0.1, -0.05) is 0 Å². The summed E-state index contributed by atoms with van der Waals surface area (Å²) in [5.41, 5.74) is 0. The Hall–Kier alpha value is 0.103. The maximum absolute atomic E-state index is 10.4. The number of hydrogen-bond donors (Lipinski definition) is 3. The molecule has 0 saturated carbocycles. The third-order valence-corrected chi connectivity index (χ3v) is 2.18. The van der Waals surface area contributed by atoms with E-state index in [1.165, 1.54) is 18.2 Å². The molecule has 2 N–H and O–H groups in total. The van der Waals surface area contributed by atoms with Crippen molar-refractivity contribution >= 4 is 23.7 Å². The summed E-state index contributed by atoms with van der Waals surface area (Å²) in [6.45, 7) is 0. The number of rotatable bonds is 1. The summed E-state index contributed by atoms with van der Waals surface area (Å²) in [5, 5.41) is 9.03. The summed E-state index contributed by atoms with van der Waals surface area (Å²) in [6.07, 6.45) is 0. The SMILES string of the molecule is O=S(O)c1ccc(S)c(O)c1.[Zn]. The second-order valence-corrected chi connectivity index (χ2v) is 3.35. The molecule has 62 valence electrons. The Morgan fingerprint density at radius 2 is 2.00 bits per heavy atom. The average molecular weight is 256 g/mol. The molecule has 0 saturated heterocycles. The van der Waals surface area contributed by atoms with Gasteiger partial charge in [0.05, 0.1) is 4.90 Å². The van der Waals surface area contributed by atoms with Gasteiger partial charge in [-0.05, 0) is 18.2 Å². The van der Waals surface area contributed by atoms with Crippen molar-refractivity contribution in [1.29, 1.82) is 0 Å². The van der Waals surface area contributed by atoms with E-state index < -0.39 is 11.1 Å². The fraction of sp³-hybridized carbons (Fsp3) is 0. The van der Waals surface area contributed by atoms with E-state index in [2.05, 4.69) is 12.6 Å². The Bertz CT molecular complexity index is 303. The van der Waals surface area contributed by atoms with Crippen molar-refractivity contribution in [3.63, 3.8) is 0 Å². The van der Waals surface area contributed by atoms with Gasteiger partial charge in [0.2, 0.25) is 0 Å². The van der Waals surface area contributed by atoms with Crippen LogP contribution < -0.4 is 0 Å². The van der Waals surface area contributed by atoms with Crippen molar-refractivity contribution < 1.29 is 33.3 Å². The summed E-state index contributed by atoms with van der Waals surface area (Å²) in [7, 11) is 0. The van der Waals surface area contributed by atoms with E-state index in [0.29, 0.717) is 4.90 Å². The van der Waals surface area contributed by atoms with Crippen LogP contribution >= 0.6 is 12.6 Å². The zero-order valence-electron chi connectivity index (χ0n) is 6.10. The van der Waals surface area contributed by atoms with Crippen LogP contribution in [0.2, 0.25) is 0 Å².